The third-order valence-electron chi connectivity index (χ3n) is 4.96. The molecule has 4 heterocycles. The minimum Gasteiger partial charge on any atom is -0.463 e. The molecule has 0 spiro atoms. The van der Waals surface area contributed by atoms with Gasteiger partial charge in [-0.05, 0) is 39.8 Å². The number of likely N-dealkylation sites (N-methyl/N-ethyl adjacent to an activating group) is 1. The van der Waals surface area contributed by atoms with Crippen LogP contribution in [-0.4, -0.2) is 87.6 Å². The van der Waals surface area contributed by atoms with E-state index in [4.69, 9.17) is 4.74 Å². The number of carbonyl (C=O) groups is 2. The van der Waals surface area contributed by atoms with E-state index in [2.05, 4.69) is 30.1 Å². The van der Waals surface area contributed by atoms with E-state index in [0.717, 1.165) is 22.8 Å². The Kier molecular flexibility index (Phi) is 7.50. The summed E-state index contributed by atoms with van der Waals surface area (Å²) in [4.78, 5) is 43.4. The van der Waals surface area contributed by atoms with Crippen LogP contribution in [-0.2, 0) is 14.3 Å². The van der Waals surface area contributed by atoms with Crippen LogP contribution in [0.2, 0.25) is 0 Å². The van der Waals surface area contributed by atoms with E-state index in [1.54, 1.807) is 16.1 Å². The summed E-state index contributed by atoms with van der Waals surface area (Å²) >= 11 is 2.42. The molecule has 1 amide bonds. The molecule has 14 heteroatoms. The van der Waals surface area contributed by atoms with E-state index in [1.807, 2.05) is 39.8 Å². The lowest BCUT2D eigenvalue weighted by atomic mass is 10.4. The van der Waals surface area contributed by atoms with Crippen molar-refractivity contribution in [3.05, 3.63) is 34.9 Å². The van der Waals surface area contributed by atoms with E-state index in [9.17, 15) is 9.59 Å². The molecule has 184 valence electrons. The smallest absolute Gasteiger partial charge is 0.316 e. The molecule has 0 bridgehead atoms. The number of aryl methyl sites for hydroxylation is 4. The maximum absolute atomic E-state index is 12.4. The minimum absolute atomic E-state index is 0.0644. The highest BCUT2D eigenvalue weighted by Crippen LogP contribution is 2.17. The molecule has 0 aliphatic rings. The third-order valence-corrected chi connectivity index (χ3v) is 6.59. The van der Waals surface area contributed by atoms with Crippen molar-refractivity contribution in [3.63, 3.8) is 0 Å². The summed E-state index contributed by atoms with van der Waals surface area (Å²) in [5.74, 6) is 0.716. The topological polar surface area (TPSA) is 133 Å². The van der Waals surface area contributed by atoms with Crippen LogP contribution < -0.4 is 0 Å². The standard InChI is InChI=1S/C21H25N9O3S2/c1-12-8-14(3)29-18(22-12)24-20(26-29)34-10-16(31)28(5)6-7-33-17(32)11-35-21-25-19-23-13(2)9-15(4)30(19)27-21/h8-9H,6-7,10-11H2,1-5H3. The second-order valence-electron chi connectivity index (χ2n) is 7.90. The fourth-order valence-corrected chi connectivity index (χ4v) is 4.62. The monoisotopic (exact) mass is 515 g/mol. The molecule has 0 aliphatic carbocycles. The number of rotatable bonds is 9. The van der Waals surface area contributed by atoms with Gasteiger partial charge in [0.1, 0.15) is 6.61 Å². The number of carbonyl (C=O) groups excluding carboxylic acids is 2. The van der Waals surface area contributed by atoms with Crippen molar-refractivity contribution in [1.29, 1.82) is 0 Å². The molecule has 4 rings (SSSR count). The molecule has 0 aliphatic heterocycles. The van der Waals surface area contributed by atoms with Gasteiger partial charge in [0, 0.05) is 29.8 Å². The first-order valence-corrected chi connectivity index (χ1v) is 12.7. The van der Waals surface area contributed by atoms with Gasteiger partial charge in [-0.2, -0.15) is 9.97 Å². The molecule has 0 radical (unpaired) electrons. The number of esters is 1. The van der Waals surface area contributed by atoms with Crippen molar-refractivity contribution < 1.29 is 14.3 Å². The summed E-state index contributed by atoms with van der Waals surface area (Å²) in [6.07, 6.45) is 0. The first-order valence-electron chi connectivity index (χ1n) is 10.8. The maximum atomic E-state index is 12.4. The molecule has 0 N–H and O–H groups in total. The van der Waals surface area contributed by atoms with Gasteiger partial charge >= 0.3 is 5.97 Å². The average molecular weight is 516 g/mol. The summed E-state index contributed by atoms with van der Waals surface area (Å²) in [7, 11) is 1.66. The van der Waals surface area contributed by atoms with Gasteiger partial charge in [-0.15, -0.1) is 10.2 Å². The van der Waals surface area contributed by atoms with Gasteiger partial charge < -0.3 is 9.64 Å². The molecular formula is C21H25N9O3S2. The summed E-state index contributed by atoms with van der Waals surface area (Å²) < 4.78 is 8.55. The van der Waals surface area contributed by atoms with Gasteiger partial charge in [0.25, 0.3) is 11.6 Å². The first kappa shape index (κ1) is 24.9. The van der Waals surface area contributed by atoms with E-state index in [1.165, 1.54) is 28.4 Å². The Morgan fingerprint density at radius 1 is 0.857 bits per heavy atom. The quantitative estimate of drug-likeness (QED) is 0.238. The van der Waals surface area contributed by atoms with E-state index in [-0.39, 0.29) is 30.6 Å². The van der Waals surface area contributed by atoms with Gasteiger partial charge in [-0.1, -0.05) is 23.5 Å². The predicted octanol–water partition coefficient (Wildman–Crippen LogP) is 1.68. The number of ether oxygens (including phenoxy) is 1. The first-order chi connectivity index (χ1) is 16.7. The van der Waals surface area contributed by atoms with Crippen molar-refractivity contribution >= 4 is 47.0 Å². The normalized spacial score (nSPS) is 11.3. The number of amides is 1. The summed E-state index contributed by atoms with van der Waals surface area (Å²) in [5, 5.41) is 9.68. The molecule has 0 aromatic carbocycles. The Morgan fingerprint density at radius 3 is 1.91 bits per heavy atom. The fourth-order valence-electron chi connectivity index (χ4n) is 3.24. The van der Waals surface area contributed by atoms with Gasteiger partial charge in [-0.25, -0.2) is 19.0 Å². The van der Waals surface area contributed by atoms with E-state index >= 15 is 0 Å². The maximum Gasteiger partial charge on any atom is 0.316 e. The van der Waals surface area contributed by atoms with Gasteiger partial charge in [0.05, 0.1) is 18.1 Å². The predicted molar refractivity (Wildman–Crippen MR) is 131 cm³/mol. The van der Waals surface area contributed by atoms with Crippen LogP contribution in [0.4, 0.5) is 0 Å². The second kappa shape index (κ2) is 10.6. The summed E-state index contributed by atoms with van der Waals surface area (Å²) in [6.45, 7) is 8.01. The van der Waals surface area contributed by atoms with Crippen molar-refractivity contribution in [2.45, 2.75) is 38.0 Å². The molecule has 0 atom stereocenters. The van der Waals surface area contributed by atoms with Gasteiger partial charge in [-0.3, -0.25) is 9.59 Å². The molecule has 0 fully saturated rings. The molecule has 0 saturated carbocycles. The van der Waals surface area contributed by atoms with Crippen LogP contribution in [0.15, 0.2) is 22.4 Å². The molecule has 0 unspecified atom stereocenters. The Balaban J connectivity index is 1.19. The molecule has 35 heavy (non-hydrogen) atoms. The second-order valence-corrected chi connectivity index (χ2v) is 9.79. The lowest BCUT2D eigenvalue weighted by Crippen LogP contribution is -2.32. The van der Waals surface area contributed by atoms with Crippen LogP contribution in [0, 0.1) is 27.7 Å². The van der Waals surface area contributed by atoms with Crippen LogP contribution in [0.5, 0.6) is 0 Å². The van der Waals surface area contributed by atoms with Crippen LogP contribution in [0.3, 0.4) is 0 Å². The molecule has 0 saturated heterocycles. The number of thioether (sulfide) groups is 2. The largest absolute Gasteiger partial charge is 0.463 e. The highest BCUT2D eigenvalue weighted by Gasteiger charge is 2.15. The molecule has 4 aromatic heterocycles. The van der Waals surface area contributed by atoms with Gasteiger partial charge in [0.2, 0.25) is 16.2 Å². The summed E-state index contributed by atoms with van der Waals surface area (Å²) in [5.41, 5.74) is 3.56. The average Bonchev–Trinajstić information content (AvgIpc) is 3.40. The van der Waals surface area contributed by atoms with E-state index in [0.29, 0.717) is 21.9 Å². The summed E-state index contributed by atoms with van der Waals surface area (Å²) in [6, 6.07) is 3.83. The number of hydrogen-bond acceptors (Lipinski definition) is 11. The van der Waals surface area contributed by atoms with Crippen LogP contribution in [0.25, 0.3) is 11.6 Å². The van der Waals surface area contributed by atoms with Crippen LogP contribution in [0.1, 0.15) is 22.8 Å². The Labute approximate surface area is 209 Å². The van der Waals surface area contributed by atoms with Crippen LogP contribution >= 0.6 is 23.5 Å². The fraction of sp³-hybridized carbons (Fsp3) is 0.429. The zero-order valence-corrected chi connectivity index (χ0v) is 21.7. The Morgan fingerprint density at radius 2 is 1.37 bits per heavy atom. The zero-order chi connectivity index (χ0) is 25.1. The molecule has 4 aromatic rings. The lowest BCUT2D eigenvalue weighted by Gasteiger charge is -2.16. The van der Waals surface area contributed by atoms with Crippen molar-refractivity contribution in [1.82, 2.24) is 44.1 Å². The minimum atomic E-state index is -0.406. The van der Waals surface area contributed by atoms with Crippen molar-refractivity contribution in [2.24, 2.45) is 0 Å². The number of aromatic nitrogens is 8. The molecular weight excluding hydrogens is 490 g/mol. The number of fused-ring (bicyclic) bond motifs is 2. The highest BCUT2D eigenvalue weighted by molar-refractivity contribution is 8.00. The third kappa shape index (κ3) is 6.06. The van der Waals surface area contributed by atoms with Gasteiger partial charge in [0.15, 0.2) is 0 Å². The number of nitrogens with zero attached hydrogens (tertiary/aromatic N) is 9. The lowest BCUT2D eigenvalue weighted by molar-refractivity contribution is -0.142. The number of hydrogen-bond donors (Lipinski definition) is 0. The van der Waals surface area contributed by atoms with Crippen molar-refractivity contribution in [2.75, 3.05) is 31.7 Å². The highest BCUT2D eigenvalue weighted by atomic mass is 32.2. The Bertz CT molecular complexity index is 1400. The SMILES string of the molecule is Cc1cc(C)n2nc(SCC(=O)OCCN(C)C(=O)CSc3nc4nc(C)cc(C)n4n3)nc2n1. The zero-order valence-electron chi connectivity index (χ0n) is 20.0. The molecule has 12 nitrogen and oxygen atoms in total. The van der Waals surface area contributed by atoms with Crippen molar-refractivity contribution in [3.8, 4) is 0 Å². The van der Waals surface area contributed by atoms with E-state index < -0.39 is 5.97 Å². The Hall–Kier alpha value is -3.26.